The number of nitrogens with zero attached hydrogens (tertiary/aromatic N) is 1. The summed E-state index contributed by atoms with van der Waals surface area (Å²) in [7, 11) is 0. The van der Waals surface area contributed by atoms with E-state index in [0.29, 0.717) is 0 Å². The van der Waals surface area contributed by atoms with E-state index in [-0.39, 0.29) is 18.1 Å². The van der Waals surface area contributed by atoms with Crippen LogP contribution < -0.4 is 0 Å². The van der Waals surface area contributed by atoms with Crippen LogP contribution in [0.25, 0.3) is 0 Å². The van der Waals surface area contributed by atoms with Gasteiger partial charge in [0, 0.05) is 0 Å². The van der Waals surface area contributed by atoms with Crippen LogP contribution in [0.2, 0.25) is 0 Å². The normalized spacial score (nSPS) is 8.00. The maximum atomic E-state index is 9.94. The van der Waals surface area contributed by atoms with Gasteiger partial charge in [-0.05, 0) is 0 Å². The summed E-state index contributed by atoms with van der Waals surface area (Å²) in [5, 5.41) is 8.15. The molecule has 0 aliphatic rings. The molecule has 1 heterocycles. The summed E-state index contributed by atoms with van der Waals surface area (Å²) in [6, 6.07) is 0. The molecule has 9 heavy (non-hydrogen) atoms. The van der Waals surface area contributed by atoms with Crippen LogP contribution in [0.1, 0.15) is 10.5 Å². The lowest BCUT2D eigenvalue weighted by Crippen LogP contribution is -1.94. The van der Waals surface area contributed by atoms with Gasteiger partial charge >= 0.3 is 5.97 Å². The van der Waals surface area contributed by atoms with Crippen molar-refractivity contribution in [3.8, 4) is 0 Å². The Morgan fingerprint density at radius 3 is 2.67 bits per heavy atom. The van der Waals surface area contributed by atoms with Gasteiger partial charge in [-0.25, -0.2) is 9.78 Å². The minimum absolute atomic E-state index is 0. The molecule has 0 aliphatic heterocycles. The smallest absolute Gasteiger partial charge is 0.357 e. The Labute approximate surface area is 56.9 Å². The second kappa shape index (κ2) is 3.09. The molecule has 1 aromatic heterocycles. The van der Waals surface area contributed by atoms with Crippen molar-refractivity contribution >= 4 is 18.4 Å². The predicted octanol–water partition coefficient (Wildman–Crippen LogP) is 0.795. The Balaban J connectivity index is 0.000000640. The number of halogens is 1. The first-order valence-electron chi connectivity index (χ1n) is 1.92. The molecular formula is C4H4ClNO3. The third kappa shape index (κ3) is 1.73. The Bertz CT molecular complexity index is 184. The summed E-state index contributed by atoms with van der Waals surface area (Å²) in [5.74, 6) is -1.07. The molecule has 0 saturated heterocycles. The predicted molar refractivity (Wildman–Crippen MR) is 30.7 cm³/mol. The highest BCUT2D eigenvalue weighted by molar-refractivity contribution is 5.85. The van der Waals surface area contributed by atoms with E-state index in [1.165, 1.54) is 0 Å². The molecule has 0 radical (unpaired) electrons. The Morgan fingerprint density at radius 2 is 2.44 bits per heavy atom. The summed E-state index contributed by atoms with van der Waals surface area (Å²) in [5.41, 5.74) is -0.0648. The number of hydrogen-bond donors (Lipinski definition) is 1. The van der Waals surface area contributed by atoms with Crippen molar-refractivity contribution < 1.29 is 14.3 Å². The average Bonchev–Trinajstić information content (AvgIpc) is 2.12. The van der Waals surface area contributed by atoms with Gasteiger partial charge in [0.1, 0.15) is 6.26 Å². The second-order valence-electron chi connectivity index (χ2n) is 1.18. The Kier molecular flexibility index (Phi) is 2.73. The fourth-order valence-corrected chi connectivity index (χ4v) is 0.318. The van der Waals surface area contributed by atoms with E-state index in [2.05, 4.69) is 9.40 Å². The summed E-state index contributed by atoms with van der Waals surface area (Å²) in [6.07, 6.45) is 2.14. The molecule has 1 rings (SSSR count). The molecule has 0 unspecified atom stereocenters. The van der Waals surface area contributed by atoms with Crippen molar-refractivity contribution in [3.05, 3.63) is 18.4 Å². The lowest BCUT2D eigenvalue weighted by Gasteiger charge is -1.75. The van der Waals surface area contributed by atoms with Gasteiger partial charge in [0.15, 0.2) is 12.1 Å². The summed E-state index contributed by atoms with van der Waals surface area (Å²) >= 11 is 0. The molecule has 1 N–H and O–H groups in total. The van der Waals surface area contributed by atoms with Crippen molar-refractivity contribution in [1.29, 1.82) is 0 Å². The van der Waals surface area contributed by atoms with Gasteiger partial charge in [-0.1, -0.05) is 0 Å². The quantitative estimate of drug-likeness (QED) is 0.641. The molecule has 5 heteroatoms. The number of aromatic carboxylic acids is 1. The fraction of sp³-hybridized carbons (Fsp3) is 0. The van der Waals surface area contributed by atoms with Crippen molar-refractivity contribution in [1.82, 2.24) is 4.98 Å². The largest absolute Gasteiger partial charge is 0.476 e. The molecule has 0 aliphatic carbocycles. The number of carboxylic acids is 1. The van der Waals surface area contributed by atoms with Gasteiger partial charge in [0.25, 0.3) is 0 Å². The summed E-state index contributed by atoms with van der Waals surface area (Å²) in [4.78, 5) is 13.3. The molecule has 4 nitrogen and oxygen atoms in total. The van der Waals surface area contributed by atoms with Crippen LogP contribution >= 0.6 is 12.4 Å². The zero-order valence-electron chi connectivity index (χ0n) is 4.27. The van der Waals surface area contributed by atoms with E-state index in [0.717, 1.165) is 12.7 Å². The van der Waals surface area contributed by atoms with E-state index in [9.17, 15) is 4.79 Å². The van der Waals surface area contributed by atoms with E-state index >= 15 is 0 Å². The van der Waals surface area contributed by atoms with Crippen LogP contribution in [0.15, 0.2) is 17.1 Å². The molecule has 0 spiro atoms. The number of carboxylic acid groups (broad SMARTS) is 1. The molecule has 0 aromatic carbocycles. The molecule has 0 saturated carbocycles. The molecule has 0 amide bonds. The molecular weight excluding hydrogens is 146 g/mol. The van der Waals surface area contributed by atoms with E-state index in [1.54, 1.807) is 0 Å². The lowest BCUT2D eigenvalue weighted by atomic mass is 10.5. The minimum Gasteiger partial charge on any atom is -0.476 e. The standard InChI is InChI=1S/C4H3NO3.ClH/c6-4(7)3-1-8-2-5-3;/h1-2H,(H,6,7);1H. The van der Waals surface area contributed by atoms with Crippen molar-refractivity contribution in [2.45, 2.75) is 0 Å². The number of carbonyl (C=O) groups is 1. The number of rotatable bonds is 1. The van der Waals surface area contributed by atoms with E-state index < -0.39 is 5.97 Å². The van der Waals surface area contributed by atoms with Gasteiger partial charge in [-0.2, -0.15) is 0 Å². The van der Waals surface area contributed by atoms with Crippen LogP contribution in [-0.4, -0.2) is 16.1 Å². The maximum Gasteiger partial charge on any atom is 0.357 e. The van der Waals surface area contributed by atoms with Gasteiger partial charge < -0.3 is 9.52 Å². The zero-order chi connectivity index (χ0) is 5.98. The SMILES string of the molecule is Cl.O=C(O)c1cocn1. The van der Waals surface area contributed by atoms with E-state index in [4.69, 9.17) is 5.11 Å². The second-order valence-corrected chi connectivity index (χ2v) is 1.18. The van der Waals surface area contributed by atoms with Crippen LogP contribution in [0, 0.1) is 0 Å². The van der Waals surface area contributed by atoms with Crippen molar-refractivity contribution in [2.75, 3.05) is 0 Å². The maximum absolute atomic E-state index is 9.94. The third-order valence-electron chi connectivity index (χ3n) is 0.651. The highest BCUT2D eigenvalue weighted by Crippen LogP contribution is 1.91. The highest BCUT2D eigenvalue weighted by Gasteiger charge is 2.02. The molecule has 0 fully saturated rings. The van der Waals surface area contributed by atoms with Crippen LogP contribution in [0.4, 0.5) is 0 Å². The first-order valence-corrected chi connectivity index (χ1v) is 1.92. The van der Waals surface area contributed by atoms with Crippen LogP contribution in [-0.2, 0) is 0 Å². The molecule has 50 valence electrons. The third-order valence-corrected chi connectivity index (χ3v) is 0.651. The number of oxazole rings is 1. The van der Waals surface area contributed by atoms with E-state index in [1.807, 2.05) is 0 Å². The van der Waals surface area contributed by atoms with Gasteiger partial charge in [-0.3, -0.25) is 0 Å². The monoisotopic (exact) mass is 149 g/mol. The average molecular weight is 150 g/mol. The van der Waals surface area contributed by atoms with Gasteiger partial charge in [0.2, 0.25) is 0 Å². The summed E-state index contributed by atoms with van der Waals surface area (Å²) in [6.45, 7) is 0. The van der Waals surface area contributed by atoms with Crippen molar-refractivity contribution in [3.63, 3.8) is 0 Å². The topological polar surface area (TPSA) is 63.3 Å². The van der Waals surface area contributed by atoms with Crippen LogP contribution in [0.3, 0.4) is 0 Å². The first-order chi connectivity index (χ1) is 3.80. The Morgan fingerprint density at radius 1 is 1.78 bits per heavy atom. The minimum atomic E-state index is -1.07. The summed E-state index contributed by atoms with van der Waals surface area (Å²) < 4.78 is 4.38. The van der Waals surface area contributed by atoms with Crippen LogP contribution in [0.5, 0.6) is 0 Å². The lowest BCUT2D eigenvalue weighted by molar-refractivity contribution is 0.0690. The van der Waals surface area contributed by atoms with Gasteiger partial charge in [-0.15, -0.1) is 12.4 Å². The number of hydrogen-bond acceptors (Lipinski definition) is 3. The first kappa shape index (κ1) is 7.97. The zero-order valence-corrected chi connectivity index (χ0v) is 5.09. The molecule has 0 bridgehead atoms. The Hall–Kier alpha value is -1.03. The number of aromatic nitrogens is 1. The van der Waals surface area contributed by atoms with Crippen molar-refractivity contribution in [2.24, 2.45) is 0 Å². The molecule has 0 atom stereocenters. The molecule has 1 aromatic rings. The van der Waals surface area contributed by atoms with Gasteiger partial charge in [0.05, 0.1) is 0 Å². The fourth-order valence-electron chi connectivity index (χ4n) is 0.318. The highest BCUT2D eigenvalue weighted by atomic mass is 35.5.